The molecule has 0 atom stereocenters. The first kappa shape index (κ1) is 14.6. The molecule has 0 fully saturated rings. The molecule has 2 aromatic rings. The molecule has 0 saturated heterocycles. The molecule has 1 aromatic carbocycles. The minimum Gasteiger partial charge on any atom is -0.315 e. The van der Waals surface area contributed by atoms with Gasteiger partial charge < -0.3 is 5.32 Å². The number of hydrogen-bond acceptors (Lipinski definition) is 4. The van der Waals surface area contributed by atoms with Crippen LogP contribution >= 0.6 is 11.3 Å². The Balaban J connectivity index is 1.99. The molecule has 0 aliphatic carbocycles. The van der Waals surface area contributed by atoms with Crippen LogP contribution in [-0.4, -0.2) is 22.0 Å². The Morgan fingerprint density at radius 1 is 1.24 bits per heavy atom. The van der Waals surface area contributed by atoms with Crippen molar-refractivity contribution >= 4 is 27.0 Å². The SMILES string of the molecule is CNCc1ccc(S(=O)(=O)N2CCCc3ccccc32)s1. The fourth-order valence-electron chi connectivity index (χ4n) is 2.62. The van der Waals surface area contributed by atoms with Gasteiger partial charge in [0.1, 0.15) is 4.21 Å². The van der Waals surface area contributed by atoms with Crippen molar-refractivity contribution in [3.8, 4) is 0 Å². The minimum absolute atomic E-state index is 0.421. The van der Waals surface area contributed by atoms with Crippen molar-refractivity contribution < 1.29 is 8.42 Å². The van der Waals surface area contributed by atoms with Crippen molar-refractivity contribution in [2.45, 2.75) is 23.6 Å². The smallest absolute Gasteiger partial charge is 0.273 e. The summed E-state index contributed by atoms with van der Waals surface area (Å²) >= 11 is 1.34. The molecular weight excluding hydrogens is 304 g/mol. The van der Waals surface area contributed by atoms with E-state index in [1.54, 1.807) is 10.4 Å². The molecule has 4 nitrogen and oxygen atoms in total. The first-order chi connectivity index (χ1) is 10.1. The Morgan fingerprint density at radius 2 is 2.05 bits per heavy atom. The summed E-state index contributed by atoms with van der Waals surface area (Å²) < 4.78 is 27.7. The van der Waals surface area contributed by atoms with Gasteiger partial charge in [0.05, 0.1) is 5.69 Å². The lowest BCUT2D eigenvalue weighted by molar-refractivity contribution is 0.588. The minimum atomic E-state index is -3.45. The zero-order chi connectivity index (χ0) is 14.9. The maximum atomic E-state index is 12.9. The Kier molecular flexibility index (Phi) is 4.01. The van der Waals surface area contributed by atoms with Gasteiger partial charge in [0.25, 0.3) is 10.0 Å². The standard InChI is InChI=1S/C15H18N2O2S2/c1-16-11-13-8-9-15(20-13)21(18,19)17-10-4-6-12-5-2-3-7-14(12)17/h2-3,5,7-9,16H,4,6,10-11H2,1H3. The van der Waals surface area contributed by atoms with Gasteiger partial charge in [-0.05, 0) is 43.7 Å². The molecule has 0 unspecified atom stereocenters. The van der Waals surface area contributed by atoms with Crippen LogP contribution in [0.1, 0.15) is 16.9 Å². The van der Waals surface area contributed by atoms with E-state index in [1.807, 2.05) is 37.4 Å². The molecule has 3 rings (SSSR count). The fraction of sp³-hybridized carbons (Fsp3) is 0.333. The van der Waals surface area contributed by atoms with Gasteiger partial charge in [0, 0.05) is 18.0 Å². The van der Waals surface area contributed by atoms with E-state index in [0.29, 0.717) is 17.3 Å². The molecule has 1 N–H and O–H groups in total. The molecule has 0 amide bonds. The third-order valence-corrected chi connectivity index (χ3v) is 6.97. The number of sulfonamides is 1. The molecule has 2 heterocycles. The fourth-order valence-corrected chi connectivity index (χ4v) is 5.65. The van der Waals surface area contributed by atoms with Crippen LogP contribution in [0.5, 0.6) is 0 Å². The van der Waals surface area contributed by atoms with Gasteiger partial charge in [-0.25, -0.2) is 8.42 Å². The van der Waals surface area contributed by atoms with E-state index >= 15 is 0 Å². The molecule has 0 radical (unpaired) electrons. The van der Waals surface area contributed by atoms with E-state index in [1.165, 1.54) is 11.3 Å². The Morgan fingerprint density at radius 3 is 2.86 bits per heavy atom. The predicted octanol–water partition coefficient (Wildman–Crippen LogP) is 2.61. The molecule has 21 heavy (non-hydrogen) atoms. The van der Waals surface area contributed by atoms with Crippen molar-refractivity contribution in [1.29, 1.82) is 0 Å². The van der Waals surface area contributed by atoms with Gasteiger partial charge in [0.2, 0.25) is 0 Å². The first-order valence-electron chi connectivity index (χ1n) is 6.97. The average Bonchev–Trinajstić information content (AvgIpc) is 2.96. The highest BCUT2D eigenvalue weighted by Gasteiger charge is 2.29. The molecule has 1 aliphatic heterocycles. The van der Waals surface area contributed by atoms with Gasteiger partial charge in [-0.3, -0.25) is 4.31 Å². The first-order valence-corrected chi connectivity index (χ1v) is 9.22. The highest BCUT2D eigenvalue weighted by Crippen LogP contribution is 2.33. The average molecular weight is 322 g/mol. The lowest BCUT2D eigenvalue weighted by Gasteiger charge is -2.29. The predicted molar refractivity (Wildman–Crippen MR) is 86.4 cm³/mol. The van der Waals surface area contributed by atoms with Crippen molar-refractivity contribution in [2.24, 2.45) is 0 Å². The second-order valence-corrected chi connectivity index (χ2v) is 8.32. The van der Waals surface area contributed by atoms with Gasteiger partial charge in [-0.15, -0.1) is 11.3 Å². The summed E-state index contributed by atoms with van der Waals surface area (Å²) in [6.07, 6.45) is 1.81. The molecule has 0 bridgehead atoms. The summed E-state index contributed by atoms with van der Waals surface area (Å²) in [6.45, 7) is 1.25. The van der Waals surface area contributed by atoms with Gasteiger partial charge in [-0.2, -0.15) is 0 Å². The topological polar surface area (TPSA) is 49.4 Å². The largest absolute Gasteiger partial charge is 0.315 e. The lowest BCUT2D eigenvalue weighted by Crippen LogP contribution is -2.35. The number of benzene rings is 1. The summed E-state index contributed by atoms with van der Waals surface area (Å²) in [5, 5.41) is 3.05. The van der Waals surface area contributed by atoms with E-state index in [9.17, 15) is 8.42 Å². The van der Waals surface area contributed by atoms with E-state index < -0.39 is 10.0 Å². The molecule has 112 valence electrons. The van der Waals surface area contributed by atoms with Crippen molar-refractivity contribution in [3.05, 3.63) is 46.8 Å². The number of anilines is 1. The molecule has 6 heteroatoms. The molecular formula is C15H18N2O2S2. The monoisotopic (exact) mass is 322 g/mol. The van der Waals surface area contributed by atoms with Crippen LogP contribution < -0.4 is 9.62 Å². The molecule has 0 saturated carbocycles. The Labute approximate surface area is 129 Å². The number of rotatable bonds is 4. The van der Waals surface area contributed by atoms with Crippen molar-refractivity contribution in [1.82, 2.24) is 5.32 Å². The highest BCUT2D eigenvalue weighted by molar-refractivity contribution is 7.94. The van der Waals surface area contributed by atoms with Crippen LogP contribution in [0.15, 0.2) is 40.6 Å². The van der Waals surface area contributed by atoms with E-state index in [2.05, 4.69) is 5.32 Å². The maximum Gasteiger partial charge on any atom is 0.273 e. The summed E-state index contributed by atoms with van der Waals surface area (Å²) in [5.74, 6) is 0. The highest BCUT2D eigenvalue weighted by atomic mass is 32.2. The van der Waals surface area contributed by atoms with E-state index in [4.69, 9.17) is 0 Å². The third kappa shape index (κ3) is 2.71. The van der Waals surface area contributed by atoms with Crippen LogP contribution in [0.2, 0.25) is 0 Å². The quantitative estimate of drug-likeness (QED) is 0.941. The second kappa shape index (κ2) is 5.79. The summed E-state index contributed by atoms with van der Waals surface area (Å²) in [4.78, 5) is 1.03. The summed E-state index contributed by atoms with van der Waals surface area (Å²) in [7, 11) is -1.59. The van der Waals surface area contributed by atoms with Gasteiger partial charge in [-0.1, -0.05) is 18.2 Å². The Bertz CT molecular complexity index is 738. The van der Waals surface area contributed by atoms with Crippen LogP contribution in [0.3, 0.4) is 0 Å². The molecule has 1 aliphatic rings. The zero-order valence-electron chi connectivity index (χ0n) is 11.9. The number of nitrogens with zero attached hydrogens (tertiary/aromatic N) is 1. The van der Waals surface area contributed by atoms with Gasteiger partial charge in [0.15, 0.2) is 0 Å². The Hall–Kier alpha value is -1.37. The van der Waals surface area contributed by atoms with Crippen LogP contribution in [-0.2, 0) is 23.0 Å². The number of hydrogen-bond donors (Lipinski definition) is 1. The zero-order valence-corrected chi connectivity index (χ0v) is 13.5. The van der Waals surface area contributed by atoms with Crippen LogP contribution in [0.4, 0.5) is 5.69 Å². The molecule has 1 aromatic heterocycles. The number of thiophene rings is 1. The van der Waals surface area contributed by atoms with E-state index in [0.717, 1.165) is 29.0 Å². The molecule has 0 spiro atoms. The lowest BCUT2D eigenvalue weighted by atomic mass is 10.0. The maximum absolute atomic E-state index is 12.9. The number of fused-ring (bicyclic) bond motifs is 1. The van der Waals surface area contributed by atoms with E-state index in [-0.39, 0.29) is 0 Å². The van der Waals surface area contributed by atoms with Crippen molar-refractivity contribution in [3.63, 3.8) is 0 Å². The van der Waals surface area contributed by atoms with Crippen LogP contribution in [0.25, 0.3) is 0 Å². The number of nitrogens with one attached hydrogen (secondary N) is 1. The van der Waals surface area contributed by atoms with Gasteiger partial charge >= 0.3 is 0 Å². The number of aryl methyl sites for hydroxylation is 1. The normalized spacial score (nSPS) is 15.0. The van der Waals surface area contributed by atoms with Crippen LogP contribution in [0, 0.1) is 0 Å². The van der Waals surface area contributed by atoms with Crippen molar-refractivity contribution in [2.75, 3.05) is 17.9 Å². The summed E-state index contributed by atoms with van der Waals surface area (Å²) in [5.41, 5.74) is 1.94. The number of para-hydroxylation sites is 1. The third-order valence-electron chi connectivity index (χ3n) is 3.60. The summed E-state index contributed by atoms with van der Waals surface area (Å²) in [6, 6.07) is 11.4. The second-order valence-electron chi connectivity index (χ2n) is 5.06.